The molecule has 1 aliphatic heterocycles. The molecular formula is C35H32N4O7S. The van der Waals surface area contributed by atoms with Crippen molar-refractivity contribution in [2.45, 2.75) is 40.3 Å². The number of aryl methyl sites for hydroxylation is 2. The van der Waals surface area contributed by atoms with Crippen LogP contribution in [0.15, 0.2) is 78.5 Å². The Morgan fingerprint density at radius 2 is 1.68 bits per heavy atom. The van der Waals surface area contributed by atoms with E-state index in [0.29, 0.717) is 47.3 Å². The first-order chi connectivity index (χ1) is 22.7. The summed E-state index contributed by atoms with van der Waals surface area (Å²) in [5, 5.41) is 12.0. The van der Waals surface area contributed by atoms with Crippen molar-refractivity contribution >= 4 is 45.5 Å². The molecule has 47 heavy (non-hydrogen) atoms. The monoisotopic (exact) mass is 652 g/mol. The molecule has 1 saturated heterocycles. The number of pyridine rings is 1. The standard InChI is InChI=1S/C35H32N4O7S/c1-5-44-25-18-23(15-16-24(25)46-19-22-12-8-7-9-13-22)29-27(30(40)28-20(3)36-26-14-10-11-17-38(26)28)31(41)33(42)39(29)35-37-21(4)32(47-35)34(43)45-6-2/h7-18,29,40H,5-6,19H2,1-4H3. The highest BCUT2D eigenvalue weighted by Gasteiger charge is 2.49. The van der Waals surface area contributed by atoms with E-state index in [1.165, 1.54) is 4.90 Å². The number of aliphatic hydroxyl groups is 1. The molecule has 0 saturated carbocycles. The van der Waals surface area contributed by atoms with Gasteiger partial charge in [0.25, 0.3) is 5.78 Å². The highest BCUT2D eigenvalue weighted by atomic mass is 32.1. The van der Waals surface area contributed by atoms with Crippen molar-refractivity contribution in [3.05, 3.63) is 112 Å². The van der Waals surface area contributed by atoms with Gasteiger partial charge >= 0.3 is 11.9 Å². The van der Waals surface area contributed by atoms with Crippen LogP contribution in [0.4, 0.5) is 5.13 Å². The number of carbonyl (C=O) groups is 3. The molecule has 240 valence electrons. The highest BCUT2D eigenvalue weighted by molar-refractivity contribution is 7.17. The first kappa shape index (κ1) is 31.5. The lowest BCUT2D eigenvalue weighted by Crippen LogP contribution is -2.29. The molecule has 1 aliphatic rings. The van der Waals surface area contributed by atoms with Crippen LogP contribution in [-0.2, 0) is 20.9 Å². The van der Waals surface area contributed by atoms with Crippen molar-refractivity contribution in [3.63, 3.8) is 0 Å². The molecule has 5 aromatic rings. The van der Waals surface area contributed by atoms with E-state index in [1.54, 1.807) is 61.7 Å². The third-order valence-corrected chi connectivity index (χ3v) is 8.78. The lowest BCUT2D eigenvalue weighted by molar-refractivity contribution is -0.132. The molecular weight excluding hydrogens is 620 g/mol. The topological polar surface area (TPSA) is 133 Å². The summed E-state index contributed by atoms with van der Waals surface area (Å²) in [6, 6.07) is 19.0. The number of thiazole rings is 1. The molecule has 3 aromatic heterocycles. The van der Waals surface area contributed by atoms with Crippen LogP contribution in [0, 0.1) is 13.8 Å². The van der Waals surface area contributed by atoms with Gasteiger partial charge in [-0.2, -0.15) is 0 Å². The Bertz CT molecular complexity index is 2030. The number of nitrogens with zero attached hydrogens (tertiary/aromatic N) is 4. The Morgan fingerprint density at radius 3 is 2.43 bits per heavy atom. The average molecular weight is 653 g/mol. The fourth-order valence-electron chi connectivity index (χ4n) is 5.56. The summed E-state index contributed by atoms with van der Waals surface area (Å²) in [5.41, 5.74) is 2.92. The van der Waals surface area contributed by atoms with Crippen LogP contribution in [0.5, 0.6) is 11.5 Å². The molecule has 2 aromatic carbocycles. The van der Waals surface area contributed by atoms with E-state index in [2.05, 4.69) is 9.97 Å². The zero-order valence-electron chi connectivity index (χ0n) is 26.2. The largest absolute Gasteiger partial charge is 0.505 e. The van der Waals surface area contributed by atoms with Gasteiger partial charge in [-0.3, -0.25) is 18.9 Å². The van der Waals surface area contributed by atoms with Crippen LogP contribution in [0.2, 0.25) is 0 Å². The normalized spacial score (nSPS) is 15.7. The van der Waals surface area contributed by atoms with Gasteiger partial charge in [0, 0.05) is 6.20 Å². The number of imidazole rings is 1. The number of hydrogen-bond acceptors (Lipinski definition) is 10. The maximum atomic E-state index is 13.9. The minimum Gasteiger partial charge on any atom is -0.505 e. The summed E-state index contributed by atoms with van der Waals surface area (Å²) >= 11 is 0.939. The number of rotatable bonds is 10. The Labute approximate surface area is 274 Å². The van der Waals surface area contributed by atoms with Crippen molar-refractivity contribution in [1.82, 2.24) is 14.4 Å². The van der Waals surface area contributed by atoms with Crippen LogP contribution in [-0.4, -0.2) is 50.3 Å². The first-order valence-corrected chi connectivity index (χ1v) is 15.9. The van der Waals surface area contributed by atoms with Gasteiger partial charge in [0.2, 0.25) is 0 Å². The number of fused-ring (bicyclic) bond motifs is 1. The SMILES string of the molecule is CCOC(=O)c1sc(N2C(=O)C(=O)C(=C(O)c3c(C)nc4ccccn34)C2c2ccc(OCc3ccccc3)c(OCC)c2)nc1C. The molecule has 1 N–H and O–H groups in total. The molecule has 1 unspecified atom stereocenters. The highest BCUT2D eigenvalue weighted by Crippen LogP contribution is 2.46. The van der Waals surface area contributed by atoms with Gasteiger partial charge in [0.15, 0.2) is 22.4 Å². The maximum absolute atomic E-state index is 13.9. The quantitative estimate of drug-likeness (QED) is 0.0812. The Morgan fingerprint density at radius 1 is 0.915 bits per heavy atom. The van der Waals surface area contributed by atoms with E-state index in [-0.39, 0.29) is 27.9 Å². The zero-order valence-corrected chi connectivity index (χ0v) is 27.0. The zero-order chi connectivity index (χ0) is 33.2. The number of benzene rings is 2. The van der Waals surface area contributed by atoms with E-state index in [1.807, 2.05) is 43.3 Å². The predicted octanol–water partition coefficient (Wildman–Crippen LogP) is 6.19. The molecule has 11 nitrogen and oxygen atoms in total. The van der Waals surface area contributed by atoms with Crippen molar-refractivity contribution in [2.75, 3.05) is 18.1 Å². The Balaban J connectivity index is 1.52. The van der Waals surface area contributed by atoms with Gasteiger partial charge in [-0.1, -0.05) is 53.8 Å². The van der Waals surface area contributed by atoms with Crippen LogP contribution in [0.3, 0.4) is 0 Å². The molecule has 6 rings (SSSR count). The lowest BCUT2D eigenvalue weighted by atomic mass is 9.96. The second kappa shape index (κ2) is 13.1. The van der Waals surface area contributed by atoms with Gasteiger partial charge in [0.1, 0.15) is 22.8 Å². The molecule has 4 heterocycles. The van der Waals surface area contributed by atoms with Crippen molar-refractivity contribution in [2.24, 2.45) is 0 Å². The van der Waals surface area contributed by atoms with Crippen molar-refractivity contribution < 1.29 is 33.7 Å². The van der Waals surface area contributed by atoms with Gasteiger partial charge in [-0.25, -0.2) is 14.8 Å². The summed E-state index contributed by atoms with van der Waals surface area (Å²) in [5.74, 6) is -1.95. The summed E-state index contributed by atoms with van der Waals surface area (Å²) in [6.07, 6.45) is 1.72. The lowest BCUT2D eigenvalue weighted by Gasteiger charge is -2.24. The number of carbonyl (C=O) groups excluding carboxylic acids is 3. The number of hydrogen-bond donors (Lipinski definition) is 1. The number of anilines is 1. The minimum atomic E-state index is -1.13. The summed E-state index contributed by atoms with van der Waals surface area (Å²) in [4.78, 5) is 50.9. The number of ether oxygens (including phenoxy) is 3. The molecule has 1 fully saturated rings. The molecule has 1 amide bonds. The number of aromatic nitrogens is 3. The third kappa shape index (κ3) is 5.83. The number of aliphatic hydroxyl groups excluding tert-OH is 1. The van der Waals surface area contributed by atoms with Gasteiger partial charge in [0.05, 0.1) is 36.2 Å². The summed E-state index contributed by atoms with van der Waals surface area (Å²) in [6.45, 7) is 7.65. The van der Waals surface area contributed by atoms with Gasteiger partial charge in [-0.05, 0) is 63.1 Å². The van der Waals surface area contributed by atoms with Gasteiger partial charge < -0.3 is 19.3 Å². The number of amides is 1. The fourth-order valence-corrected chi connectivity index (χ4v) is 6.55. The second-order valence-corrected chi connectivity index (χ2v) is 11.7. The van der Waals surface area contributed by atoms with E-state index in [9.17, 15) is 19.5 Å². The van der Waals surface area contributed by atoms with Crippen molar-refractivity contribution in [1.29, 1.82) is 0 Å². The van der Waals surface area contributed by atoms with Crippen LogP contribution in [0.1, 0.15) is 57.8 Å². The average Bonchev–Trinajstić information content (AvgIpc) is 3.70. The van der Waals surface area contributed by atoms with Crippen LogP contribution < -0.4 is 14.4 Å². The molecule has 0 bridgehead atoms. The molecule has 12 heteroatoms. The fraction of sp³-hybridized carbons (Fsp3) is 0.229. The Kier molecular flexibility index (Phi) is 8.77. The third-order valence-electron chi connectivity index (χ3n) is 7.65. The number of ketones is 1. The number of esters is 1. The molecule has 0 spiro atoms. The van der Waals surface area contributed by atoms with E-state index in [4.69, 9.17) is 14.2 Å². The summed E-state index contributed by atoms with van der Waals surface area (Å²) < 4.78 is 18.9. The second-order valence-electron chi connectivity index (χ2n) is 10.7. The van der Waals surface area contributed by atoms with Crippen molar-refractivity contribution in [3.8, 4) is 11.5 Å². The van der Waals surface area contributed by atoms with E-state index in [0.717, 1.165) is 16.9 Å². The Hall–Kier alpha value is -5.49. The maximum Gasteiger partial charge on any atom is 0.350 e. The van der Waals surface area contributed by atoms with Crippen LogP contribution in [0.25, 0.3) is 11.4 Å². The first-order valence-electron chi connectivity index (χ1n) is 15.1. The van der Waals surface area contributed by atoms with E-state index >= 15 is 0 Å². The molecule has 0 aliphatic carbocycles. The minimum absolute atomic E-state index is 0.105. The van der Waals surface area contributed by atoms with Gasteiger partial charge in [-0.15, -0.1) is 0 Å². The number of Topliss-reactive ketones (excluding diaryl/α,β-unsaturated/α-hetero) is 1. The van der Waals surface area contributed by atoms with Crippen LogP contribution >= 0.6 is 11.3 Å². The summed E-state index contributed by atoms with van der Waals surface area (Å²) in [7, 11) is 0. The molecule has 1 atom stereocenters. The smallest absolute Gasteiger partial charge is 0.350 e. The van der Waals surface area contributed by atoms with E-state index < -0.39 is 29.5 Å². The molecule has 0 radical (unpaired) electrons. The predicted molar refractivity (Wildman–Crippen MR) is 176 cm³/mol.